The number of nitrogens with zero attached hydrogens (tertiary/aromatic N) is 3. The van der Waals surface area contributed by atoms with Crippen LogP contribution < -0.4 is 10.6 Å². The number of aryl methyl sites for hydroxylation is 1. The zero-order chi connectivity index (χ0) is 23.3. The van der Waals surface area contributed by atoms with Gasteiger partial charge in [0.1, 0.15) is 17.2 Å². The molecule has 4 rings (SSSR count). The van der Waals surface area contributed by atoms with E-state index in [1.807, 2.05) is 19.9 Å². The normalized spacial score (nSPS) is 15.6. The highest BCUT2D eigenvalue weighted by molar-refractivity contribution is 8.14. The number of carbonyl (C=O) groups excluding carboxylic acids is 1. The number of amides is 1. The van der Waals surface area contributed by atoms with Gasteiger partial charge in [0.05, 0.1) is 26.9 Å². The van der Waals surface area contributed by atoms with Gasteiger partial charge in [0.2, 0.25) is 5.91 Å². The molecule has 1 aliphatic rings. The Kier molecular flexibility index (Phi) is 5.49. The minimum atomic E-state index is -3.55. The van der Waals surface area contributed by atoms with Crippen LogP contribution in [-0.2, 0) is 14.6 Å². The SMILES string of the molecule is CC(=O)Nc1cc(Nc2ccc(C3=NC(C)(C)CS3)cc2S(C)(=O)=O)c2nc(C)[nH]c2n1. The van der Waals surface area contributed by atoms with Crippen molar-refractivity contribution in [3.05, 3.63) is 35.7 Å². The van der Waals surface area contributed by atoms with E-state index < -0.39 is 9.84 Å². The van der Waals surface area contributed by atoms with Crippen LogP contribution in [0.5, 0.6) is 0 Å². The second-order valence-corrected chi connectivity index (χ2v) is 11.3. The van der Waals surface area contributed by atoms with E-state index >= 15 is 0 Å². The maximum absolute atomic E-state index is 12.6. The average Bonchev–Trinajstić information content (AvgIpc) is 3.22. The maximum atomic E-state index is 12.6. The van der Waals surface area contributed by atoms with Gasteiger partial charge in [-0.05, 0) is 32.9 Å². The maximum Gasteiger partial charge on any atom is 0.222 e. The molecule has 3 N–H and O–H groups in total. The molecule has 1 aliphatic heterocycles. The number of thioether (sulfide) groups is 1. The van der Waals surface area contributed by atoms with E-state index in [2.05, 4.69) is 25.6 Å². The Bertz CT molecular complexity index is 1380. The first kappa shape index (κ1) is 22.3. The van der Waals surface area contributed by atoms with Crippen molar-refractivity contribution in [2.24, 2.45) is 4.99 Å². The number of rotatable bonds is 5. The fraction of sp³-hybridized carbons (Fsp3) is 0.333. The van der Waals surface area contributed by atoms with Crippen molar-refractivity contribution in [3.8, 4) is 0 Å². The Morgan fingerprint density at radius 1 is 1.19 bits per heavy atom. The fourth-order valence-corrected chi connectivity index (χ4v) is 5.41. The molecule has 168 valence electrons. The van der Waals surface area contributed by atoms with Crippen molar-refractivity contribution in [3.63, 3.8) is 0 Å². The van der Waals surface area contributed by atoms with Gasteiger partial charge in [0.15, 0.2) is 15.5 Å². The molecule has 3 heterocycles. The summed E-state index contributed by atoms with van der Waals surface area (Å²) in [5.41, 5.74) is 2.53. The zero-order valence-corrected chi connectivity index (χ0v) is 20.0. The minimum absolute atomic E-state index is 0.154. The quantitative estimate of drug-likeness (QED) is 0.517. The molecule has 11 heteroatoms. The van der Waals surface area contributed by atoms with Crippen LogP contribution in [0.25, 0.3) is 11.2 Å². The van der Waals surface area contributed by atoms with E-state index in [9.17, 15) is 13.2 Å². The number of hydrogen-bond acceptors (Lipinski definition) is 8. The van der Waals surface area contributed by atoms with Gasteiger partial charge in [-0.15, -0.1) is 11.8 Å². The Morgan fingerprint density at radius 2 is 1.94 bits per heavy atom. The van der Waals surface area contributed by atoms with E-state index in [0.717, 1.165) is 16.4 Å². The Hall–Kier alpha value is -2.92. The van der Waals surface area contributed by atoms with E-state index in [1.165, 1.54) is 13.2 Å². The molecule has 32 heavy (non-hydrogen) atoms. The molecule has 0 atom stereocenters. The number of aliphatic imine (C=N–C) groups is 1. The number of sulfone groups is 1. The lowest BCUT2D eigenvalue weighted by Gasteiger charge is -2.14. The van der Waals surface area contributed by atoms with Crippen molar-refractivity contribution in [1.82, 2.24) is 15.0 Å². The molecule has 0 saturated heterocycles. The molecule has 0 radical (unpaired) electrons. The van der Waals surface area contributed by atoms with Crippen molar-refractivity contribution in [2.45, 2.75) is 38.1 Å². The molecule has 0 fully saturated rings. The molecular weight excluding hydrogens is 448 g/mol. The number of anilines is 3. The number of hydrogen-bond donors (Lipinski definition) is 3. The van der Waals surface area contributed by atoms with E-state index in [-0.39, 0.29) is 16.3 Å². The highest BCUT2D eigenvalue weighted by Gasteiger charge is 2.27. The fourth-order valence-electron chi connectivity index (χ4n) is 3.39. The topological polar surface area (TPSA) is 129 Å². The first-order chi connectivity index (χ1) is 14.9. The number of fused-ring (bicyclic) bond motifs is 1. The van der Waals surface area contributed by atoms with Crippen LogP contribution in [0.1, 0.15) is 32.2 Å². The van der Waals surface area contributed by atoms with Gasteiger partial charge in [0, 0.05) is 30.6 Å². The predicted octanol–water partition coefficient (Wildman–Crippen LogP) is 3.64. The third kappa shape index (κ3) is 4.63. The third-order valence-corrected chi connectivity index (χ3v) is 7.33. The number of imidazole rings is 1. The van der Waals surface area contributed by atoms with Crippen LogP contribution in [0, 0.1) is 6.92 Å². The molecular formula is C21H24N6O3S2. The minimum Gasteiger partial charge on any atom is -0.352 e. The summed E-state index contributed by atoms with van der Waals surface area (Å²) in [5.74, 6) is 1.55. The largest absolute Gasteiger partial charge is 0.352 e. The highest BCUT2D eigenvalue weighted by Crippen LogP contribution is 2.34. The predicted molar refractivity (Wildman–Crippen MR) is 129 cm³/mol. The number of nitrogens with one attached hydrogen (secondary N) is 3. The summed E-state index contributed by atoms with van der Waals surface area (Å²) in [6.07, 6.45) is 1.17. The molecule has 0 aliphatic carbocycles. The number of aromatic amines is 1. The number of H-pyrrole nitrogens is 1. The first-order valence-corrected chi connectivity index (χ1v) is 12.8. The third-order valence-electron chi connectivity index (χ3n) is 4.74. The van der Waals surface area contributed by atoms with Gasteiger partial charge < -0.3 is 15.6 Å². The number of pyridine rings is 1. The summed E-state index contributed by atoms with van der Waals surface area (Å²) in [4.78, 5) is 28.3. The molecule has 1 aromatic carbocycles. The van der Waals surface area contributed by atoms with E-state index in [1.54, 1.807) is 36.9 Å². The van der Waals surface area contributed by atoms with Crippen LogP contribution in [0.3, 0.4) is 0 Å². The number of benzene rings is 1. The van der Waals surface area contributed by atoms with Crippen molar-refractivity contribution >= 4 is 60.9 Å². The molecule has 1 amide bonds. The van der Waals surface area contributed by atoms with Crippen LogP contribution >= 0.6 is 11.8 Å². The Labute approximate surface area is 190 Å². The zero-order valence-electron chi connectivity index (χ0n) is 18.4. The summed E-state index contributed by atoms with van der Waals surface area (Å²) in [7, 11) is -3.55. The van der Waals surface area contributed by atoms with Gasteiger partial charge in [-0.2, -0.15) is 0 Å². The monoisotopic (exact) mass is 472 g/mol. The van der Waals surface area contributed by atoms with Crippen molar-refractivity contribution < 1.29 is 13.2 Å². The summed E-state index contributed by atoms with van der Waals surface area (Å²) >= 11 is 1.62. The number of aromatic nitrogens is 3. The van der Waals surface area contributed by atoms with Crippen LogP contribution in [0.4, 0.5) is 17.2 Å². The van der Waals surface area contributed by atoms with Gasteiger partial charge >= 0.3 is 0 Å². The Morgan fingerprint density at radius 3 is 2.56 bits per heavy atom. The number of carbonyl (C=O) groups is 1. The average molecular weight is 473 g/mol. The molecule has 3 aromatic rings. The molecule has 0 bridgehead atoms. The molecule has 2 aromatic heterocycles. The second kappa shape index (κ2) is 7.89. The highest BCUT2D eigenvalue weighted by atomic mass is 32.2. The van der Waals surface area contributed by atoms with Crippen molar-refractivity contribution in [2.75, 3.05) is 22.6 Å². The molecule has 9 nitrogen and oxygen atoms in total. The Balaban J connectivity index is 1.81. The van der Waals surface area contributed by atoms with Crippen LogP contribution in [-0.4, -0.2) is 51.9 Å². The molecule has 0 saturated carbocycles. The second-order valence-electron chi connectivity index (χ2n) is 8.38. The first-order valence-electron chi connectivity index (χ1n) is 9.90. The lowest BCUT2D eigenvalue weighted by atomic mass is 10.1. The van der Waals surface area contributed by atoms with Gasteiger partial charge in [-0.3, -0.25) is 9.79 Å². The van der Waals surface area contributed by atoms with E-state index in [0.29, 0.717) is 34.2 Å². The molecule has 0 spiro atoms. The van der Waals surface area contributed by atoms with Gasteiger partial charge in [0.25, 0.3) is 0 Å². The van der Waals surface area contributed by atoms with Crippen LogP contribution in [0.15, 0.2) is 34.2 Å². The molecule has 0 unspecified atom stereocenters. The lowest BCUT2D eigenvalue weighted by Crippen LogP contribution is -2.15. The summed E-state index contributed by atoms with van der Waals surface area (Å²) < 4.78 is 25.3. The lowest BCUT2D eigenvalue weighted by molar-refractivity contribution is -0.114. The van der Waals surface area contributed by atoms with E-state index in [4.69, 9.17) is 4.99 Å². The summed E-state index contributed by atoms with van der Waals surface area (Å²) in [6.45, 7) is 7.28. The van der Waals surface area contributed by atoms with Gasteiger partial charge in [-0.25, -0.2) is 18.4 Å². The van der Waals surface area contributed by atoms with Gasteiger partial charge in [-0.1, -0.05) is 6.07 Å². The van der Waals surface area contributed by atoms with Crippen molar-refractivity contribution in [1.29, 1.82) is 0 Å². The standard InChI is InChI=1S/C21H24N6O3S2/c1-11-22-18-15(9-17(24-12(2)28)26-19(18)23-11)25-14-7-6-13(8-16(14)32(5,29)30)20-27-21(3,4)10-31-20/h6-9H,10H2,1-5H3,(H3,22,23,24,25,26,28). The van der Waals surface area contributed by atoms with Crippen LogP contribution in [0.2, 0.25) is 0 Å². The smallest absolute Gasteiger partial charge is 0.222 e. The summed E-state index contributed by atoms with van der Waals surface area (Å²) in [6, 6.07) is 6.86. The summed E-state index contributed by atoms with van der Waals surface area (Å²) in [5, 5.41) is 6.67.